The summed E-state index contributed by atoms with van der Waals surface area (Å²) in [5.74, 6) is 0.867. The highest BCUT2D eigenvalue weighted by Crippen LogP contribution is 2.11. The molecule has 0 aromatic heterocycles. The summed E-state index contributed by atoms with van der Waals surface area (Å²) in [6.45, 7) is 6.30. The minimum Gasteiger partial charge on any atom is -0.294 e. The van der Waals surface area contributed by atoms with Crippen LogP contribution in [0.25, 0.3) is 0 Å². The first-order valence-corrected chi connectivity index (χ1v) is 5.19. The summed E-state index contributed by atoms with van der Waals surface area (Å²) in [4.78, 5) is 11.7. The predicted molar refractivity (Wildman–Crippen MR) is 59.6 cm³/mol. The highest BCUT2D eigenvalue weighted by atomic mass is 16.1. The Morgan fingerprint density at radius 3 is 2.64 bits per heavy atom. The van der Waals surface area contributed by atoms with Gasteiger partial charge < -0.3 is 0 Å². The number of carbonyl (C=O) groups excluding carboxylic acids is 1. The fraction of sp³-hybridized carbons (Fsp3) is 0.462. The molecule has 0 aliphatic rings. The van der Waals surface area contributed by atoms with Crippen molar-refractivity contribution in [2.24, 2.45) is 5.92 Å². The maximum absolute atomic E-state index is 11.7. The van der Waals surface area contributed by atoms with Gasteiger partial charge in [-0.1, -0.05) is 37.6 Å². The lowest BCUT2D eigenvalue weighted by atomic mass is 10.0. The van der Waals surface area contributed by atoms with Crippen LogP contribution < -0.4 is 0 Å². The van der Waals surface area contributed by atoms with Crippen LogP contribution in [0.4, 0.5) is 0 Å². The third-order valence-corrected chi connectivity index (χ3v) is 2.29. The number of rotatable bonds is 4. The topological polar surface area (TPSA) is 17.1 Å². The molecule has 0 heterocycles. The maximum atomic E-state index is 11.7. The normalized spacial score (nSPS) is 10.6. The summed E-state index contributed by atoms with van der Waals surface area (Å²) in [5, 5.41) is 0. The van der Waals surface area contributed by atoms with E-state index < -0.39 is 0 Å². The molecule has 0 N–H and O–H groups in total. The second kappa shape index (κ2) is 4.94. The molecule has 0 fully saturated rings. The molecule has 0 amide bonds. The van der Waals surface area contributed by atoms with Crippen molar-refractivity contribution in [3.05, 3.63) is 35.4 Å². The SMILES string of the molecule is Cc1cccc(C(=O)CCC(C)C)c1. The Morgan fingerprint density at radius 2 is 2.07 bits per heavy atom. The van der Waals surface area contributed by atoms with Crippen molar-refractivity contribution in [3.63, 3.8) is 0 Å². The molecule has 14 heavy (non-hydrogen) atoms. The van der Waals surface area contributed by atoms with E-state index in [2.05, 4.69) is 13.8 Å². The molecule has 0 atom stereocenters. The second-order valence-electron chi connectivity index (χ2n) is 4.23. The molecule has 0 bridgehead atoms. The van der Waals surface area contributed by atoms with Gasteiger partial charge in [-0.15, -0.1) is 0 Å². The first-order valence-electron chi connectivity index (χ1n) is 5.19. The quantitative estimate of drug-likeness (QED) is 0.663. The van der Waals surface area contributed by atoms with Crippen LogP contribution >= 0.6 is 0 Å². The molecule has 1 nitrogen and oxygen atoms in total. The number of aryl methyl sites for hydroxylation is 1. The molecule has 1 aromatic carbocycles. The Balaban J connectivity index is 2.61. The van der Waals surface area contributed by atoms with Gasteiger partial charge in [0.25, 0.3) is 0 Å². The van der Waals surface area contributed by atoms with E-state index in [1.165, 1.54) is 0 Å². The predicted octanol–water partition coefficient (Wildman–Crippen LogP) is 3.61. The summed E-state index contributed by atoms with van der Waals surface area (Å²) in [6, 6.07) is 7.81. The van der Waals surface area contributed by atoms with Crippen molar-refractivity contribution in [2.75, 3.05) is 0 Å². The van der Waals surface area contributed by atoms with Gasteiger partial charge in [0, 0.05) is 12.0 Å². The maximum Gasteiger partial charge on any atom is 0.162 e. The van der Waals surface area contributed by atoms with Crippen LogP contribution in [-0.2, 0) is 0 Å². The van der Waals surface area contributed by atoms with Gasteiger partial charge in [-0.25, -0.2) is 0 Å². The van der Waals surface area contributed by atoms with Crippen molar-refractivity contribution < 1.29 is 4.79 Å². The summed E-state index contributed by atoms with van der Waals surface area (Å²) in [7, 11) is 0. The molecule has 1 heteroatoms. The molecule has 0 spiro atoms. The lowest BCUT2D eigenvalue weighted by Gasteiger charge is -2.04. The van der Waals surface area contributed by atoms with Crippen LogP contribution in [0.3, 0.4) is 0 Å². The third kappa shape index (κ3) is 3.33. The van der Waals surface area contributed by atoms with Gasteiger partial charge in [-0.3, -0.25) is 4.79 Å². The zero-order valence-electron chi connectivity index (χ0n) is 9.21. The van der Waals surface area contributed by atoms with Gasteiger partial charge in [0.2, 0.25) is 0 Å². The Bertz CT molecular complexity index is 313. The van der Waals surface area contributed by atoms with Gasteiger partial charge in [0.15, 0.2) is 5.78 Å². The Hall–Kier alpha value is -1.11. The van der Waals surface area contributed by atoms with E-state index in [0.29, 0.717) is 12.3 Å². The number of Topliss-reactive ketones (excluding diaryl/α,β-unsaturated/α-hetero) is 1. The Morgan fingerprint density at radius 1 is 1.36 bits per heavy atom. The van der Waals surface area contributed by atoms with Crippen LogP contribution in [-0.4, -0.2) is 5.78 Å². The van der Waals surface area contributed by atoms with Crippen LogP contribution in [0.1, 0.15) is 42.6 Å². The van der Waals surface area contributed by atoms with Crippen molar-refractivity contribution in [1.82, 2.24) is 0 Å². The average molecular weight is 190 g/mol. The first-order chi connectivity index (χ1) is 6.59. The molecule has 76 valence electrons. The molecule has 0 saturated carbocycles. The largest absolute Gasteiger partial charge is 0.294 e. The van der Waals surface area contributed by atoms with E-state index in [0.717, 1.165) is 17.5 Å². The zero-order chi connectivity index (χ0) is 10.6. The highest BCUT2D eigenvalue weighted by molar-refractivity contribution is 5.96. The third-order valence-electron chi connectivity index (χ3n) is 2.29. The van der Waals surface area contributed by atoms with Crippen molar-refractivity contribution >= 4 is 5.78 Å². The van der Waals surface area contributed by atoms with Crippen molar-refractivity contribution in [3.8, 4) is 0 Å². The van der Waals surface area contributed by atoms with Crippen LogP contribution in [0.5, 0.6) is 0 Å². The molecule has 0 saturated heterocycles. The minimum atomic E-state index is 0.266. The first kappa shape index (κ1) is 11.0. The van der Waals surface area contributed by atoms with Crippen molar-refractivity contribution in [2.45, 2.75) is 33.6 Å². The Labute approximate surface area is 86.1 Å². The summed E-state index contributed by atoms with van der Waals surface area (Å²) < 4.78 is 0. The lowest BCUT2D eigenvalue weighted by molar-refractivity contribution is 0.0975. The van der Waals surface area contributed by atoms with E-state index in [4.69, 9.17) is 0 Å². The van der Waals surface area contributed by atoms with Gasteiger partial charge in [-0.05, 0) is 25.3 Å². The molecule has 0 aliphatic carbocycles. The lowest BCUT2D eigenvalue weighted by Crippen LogP contribution is -2.01. The molecular weight excluding hydrogens is 172 g/mol. The van der Waals surface area contributed by atoms with Crippen LogP contribution in [0, 0.1) is 12.8 Å². The average Bonchev–Trinajstić information content (AvgIpc) is 2.14. The van der Waals surface area contributed by atoms with Crippen molar-refractivity contribution in [1.29, 1.82) is 0 Å². The standard InChI is InChI=1S/C13H18O/c1-10(2)7-8-13(14)12-6-4-5-11(3)9-12/h4-6,9-10H,7-8H2,1-3H3. The van der Waals surface area contributed by atoms with Crippen LogP contribution in [0.15, 0.2) is 24.3 Å². The van der Waals surface area contributed by atoms with Gasteiger partial charge >= 0.3 is 0 Å². The van der Waals surface area contributed by atoms with E-state index in [1.54, 1.807) is 0 Å². The fourth-order valence-corrected chi connectivity index (χ4v) is 1.38. The molecule has 0 aliphatic heterocycles. The molecule has 1 rings (SSSR count). The summed E-state index contributed by atoms with van der Waals surface area (Å²) in [6.07, 6.45) is 1.65. The zero-order valence-corrected chi connectivity index (χ0v) is 9.21. The second-order valence-corrected chi connectivity index (χ2v) is 4.23. The molecule has 0 unspecified atom stereocenters. The highest BCUT2D eigenvalue weighted by Gasteiger charge is 2.06. The van der Waals surface area contributed by atoms with Gasteiger partial charge in [0.05, 0.1) is 0 Å². The molecule has 1 aromatic rings. The number of hydrogen-bond acceptors (Lipinski definition) is 1. The minimum absolute atomic E-state index is 0.266. The monoisotopic (exact) mass is 190 g/mol. The van der Waals surface area contributed by atoms with E-state index >= 15 is 0 Å². The van der Waals surface area contributed by atoms with Gasteiger partial charge in [-0.2, -0.15) is 0 Å². The number of carbonyl (C=O) groups is 1. The van der Waals surface area contributed by atoms with Gasteiger partial charge in [0.1, 0.15) is 0 Å². The molecular formula is C13H18O. The summed E-state index contributed by atoms with van der Waals surface area (Å²) >= 11 is 0. The Kier molecular flexibility index (Phi) is 3.87. The number of ketones is 1. The van der Waals surface area contributed by atoms with Crippen LogP contribution in [0.2, 0.25) is 0 Å². The summed E-state index contributed by atoms with van der Waals surface area (Å²) in [5.41, 5.74) is 2.01. The molecule has 0 radical (unpaired) electrons. The van der Waals surface area contributed by atoms with E-state index in [9.17, 15) is 4.79 Å². The number of hydrogen-bond donors (Lipinski definition) is 0. The van der Waals surface area contributed by atoms with E-state index in [1.807, 2.05) is 31.2 Å². The smallest absolute Gasteiger partial charge is 0.162 e. The number of benzene rings is 1. The van der Waals surface area contributed by atoms with E-state index in [-0.39, 0.29) is 5.78 Å². The fourth-order valence-electron chi connectivity index (χ4n) is 1.38.